The van der Waals surface area contributed by atoms with E-state index in [9.17, 15) is 17.9 Å². The zero-order valence-electron chi connectivity index (χ0n) is 10.1. The van der Waals surface area contributed by atoms with Crippen LogP contribution in [-0.2, 0) is 9.84 Å². The maximum absolute atomic E-state index is 13.3. The van der Waals surface area contributed by atoms with Crippen molar-refractivity contribution in [1.29, 1.82) is 0 Å². The smallest absolute Gasteiger partial charge is 0.295 e. The van der Waals surface area contributed by atoms with Crippen LogP contribution in [-0.4, -0.2) is 43.2 Å². The third-order valence-corrected chi connectivity index (χ3v) is 3.34. The van der Waals surface area contributed by atoms with E-state index in [2.05, 4.69) is 10.3 Å². The van der Waals surface area contributed by atoms with Gasteiger partial charge in [0, 0.05) is 12.8 Å². The van der Waals surface area contributed by atoms with Crippen LogP contribution in [0.3, 0.4) is 0 Å². The predicted octanol–water partition coefficient (Wildman–Crippen LogP) is 0.784. The van der Waals surface area contributed by atoms with Crippen molar-refractivity contribution in [3.63, 3.8) is 0 Å². The molecule has 0 bridgehead atoms. The minimum Gasteiger partial charge on any atom is -0.420 e. The summed E-state index contributed by atoms with van der Waals surface area (Å²) in [6.07, 6.45) is -0.0553. The zero-order chi connectivity index (χ0) is 14.0. The van der Waals surface area contributed by atoms with Gasteiger partial charge in [-0.25, -0.2) is 12.8 Å². The predicted molar refractivity (Wildman–Crippen MR) is 68.2 cm³/mol. The number of nitrogens with one attached hydrogen (secondary N) is 1. The molecule has 0 fully saturated rings. The van der Waals surface area contributed by atoms with Crippen molar-refractivity contribution in [1.82, 2.24) is 4.98 Å². The van der Waals surface area contributed by atoms with Crippen LogP contribution < -0.4 is 5.32 Å². The third kappa shape index (κ3) is 3.65. The van der Waals surface area contributed by atoms with E-state index < -0.39 is 21.8 Å². The molecule has 0 saturated carbocycles. The molecule has 0 radical (unpaired) electrons. The second kappa shape index (κ2) is 5.14. The van der Waals surface area contributed by atoms with E-state index in [1.54, 1.807) is 6.07 Å². The summed E-state index contributed by atoms with van der Waals surface area (Å²) >= 11 is 0. The highest BCUT2D eigenvalue weighted by Crippen LogP contribution is 2.21. The Labute approximate surface area is 109 Å². The van der Waals surface area contributed by atoms with Gasteiger partial charge in [0.25, 0.3) is 6.01 Å². The third-order valence-electron chi connectivity index (χ3n) is 2.35. The Bertz CT molecular complexity index is 683. The highest BCUT2D eigenvalue weighted by atomic mass is 32.2. The second-order valence-electron chi connectivity index (χ2n) is 4.23. The number of aromatic nitrogens is 1. The molecule has 104 valence electrons. The van der Waals surface area contributed by atoms with Crippen molar-refractivity contribution < 1.29 is 22.3 Å². The van der Waals surface area contributed by atoms with Crippen molar-refractivity contribution in [2.24, 2.45) is 0 Å². The molecule has 2 rings (SSSR count). The van der Waals surface area contributed by atoms with Crippen LogP contribution in [0, 0.1) is 5.82 Å². The topological polar surface area (TPSA) is 92.4 Å². The Balaban J connectivity index is 2.04. The van der Waals surface area contributed by atoms with Crippen LogP contribution in [0.25, 0.3) is 11.1 Å². The van der Waals surface area contributed by atoms with E-state index in [0.29, 0.717) is 5.52 Å². The van der Waals surface area contributed by atoms with Crippen LogP contribution in [0.4, 0.5) is 10.4 Å². The monoisotopic (exact) mass is 288 g/mol. The van der Waals surface area contributed by atoms with Gasteiger partial charge < -0.3 is 14.8 Å². The van der Waals surface area contributed by atoms with Gasteiger partial charge >= 0.3 is 0 Å². The van der Waals surface area contributed by atoms with Gasteiger partial charge in [0.1, 0.15) is 15.4 Å². The molecule has 0 aliphatic carbocycles. The van der Waals surface area contributed by atoms with Gasteiger partial charge in [0.15, 0.2) is 11.4 Å². The molecule has 2 N–H and O–H groups in total. The fourth-order valence-corrected chi connectivity index (χ4v) is 2.42. The lowest BCUT2D eigenvalue weighted by atomic mass is 10.3. The molecule has 0 aliphatic heterocycles. The zero-order valence-corrected chi connectivity index (χ0v) is 10.9. The normalized spacial score (nSPS) is 13.6. The molecular formula is C11H13FN2O4S. The second-order valence-corrected chi connectivity index (χ2v) is 6.42. The summed E-state index contributed by atoms with van der Waals surface area (Å²) in [7, 11) is -3.26. The van der Waals surface area contributed by atoms with E-state index in [1.807, 2.05) is 0 Å². The number of anilines is 1. The largest absolute Gasteiger partial charge is 0.420 e. The molecule has 2 aromatic rings. The van der Waals surface area contributed by atoms with Gasteiger partial charge in [0.2, 0.25) is 0 Å². The standard InChI is InChI=1S/C11H13FN2O4S/c1-19(16,17)6-7(15)5-13-11-14-9-4-2-3-8(12)10(9)18-11/h2-4,7,15H,5-6H2,1H3,(H,13,14). The molecule has 19 heavy (non-hydrogen) atoms. The maximum atomic E-state index is 13.3. The lowest BCUT2D eigenvalue weighted by molar-refractivity contribution is 0.210. The summed E-state index contributed by atoms with van der Waals surface area (Å²) in [5, 5.41) is 12.1. The molecule has 1 aromatic carbocycles. The number of aliphatic hydroxyl groups is 1. The number of fused-ring (bicyclic) bond motifs is 1. The summed E-state index contributed by atoms with van der Waals surface area (Å²) in [5.41, 5.74) is 0.364. The first kappa shape index (κ1) is 13.8. The number of oxazole rings is 1. The Morgan fingerprint density at radius 1 is 1.53 bits per heavy atom. The number of hydrogen-bond donors (Lipinski definition) is 2. The number of para-hydroxylation sites is 1. The maximum Gasteiger partial charge on any atom is 0.295 e. The van der Waals surface area contributed by atoms with Crippen molar-refractivity contribution in [3.05, 3.63) is 24.0 Å². The van der Waals surface area contributed by atoms with E-state index in [4.69, 9.17) is 4.42 Å². The Hall–Kier alpha value is -1.67. The molecule has 0 spiro atoms. The van der Waals surface area contributed by atoms with Crippen LogP contribution in [0.15, 0.2) is 22.6 Å². The van der Waals surface area contributed by atoms with Crippen LogP contribution in [0.1, 0.15) is 0 Å². The number of halogens is 1. The van der Waals surface area contributed by atoms with Crippen molar-refractivity contribution in [3.8, 4) is 0 Å². The quantitative estimate of drug-likeness (QED) is 0.845. The first-order valence-electron chi connectivity index (χ1n) is 5.50. The van der Waals surface area contributed by atoms with Gasteiger partial charge in [-0.2, -0.15) is 4.98 Å². The summed E-state index contributed by atoms with van der Waals surface area (Å²) in [5.74, 6) is -0.899. The highest BCUT2D eigenvalue weighted by Gasteiger charge is 2.14. The Morgan fingerprint density at radius 3 is 2.89 bits per heavy atom. The first-order valence-corrected chi connectivity index (χ1v) is 7.56. The lowest BCUT2D eigenvalue weighted by Crippen LogP contribution is -2.27. The Kier molecular flexibility index (Phi) is 3.72. The van der Waals surface area contributed by atoms with Gasteiger partial charge in [-0.3, -0.25) is 0 Å². The summed E-state index contributed by atoms with van der Waals surface area (Å²) in [6, 6.07) is 4.37. The van der Waals surface area contributed by atoms with Crippen molar-refractivity contribution in [2.75, 3.05) is 23.9 Å². The van der Waals surface area contributed by atoms with E-state index in [0.717, 1.165) is 6.26 Å². The van der Waals surface area contributed by atoms with Gasteiger partial charge in [-0.1, -0.05) is 6.07 Å². The van der Waals surface area contributed by atoms with E-state index in [1.165, 1.54) is 12.1 Å². The highest BCUT2D eigenvalue weighted by molar-refractivity contribution is 7.90. The van der Waals surface area contributed by atoms with E-state index >= 15 is 0 Å². The lowest BCUT2D eigenvalue weighted by Gasteiger charge is -2.08. The molecule has 6 nitrogen and oxygen atoms in total. The molecular weight excluding hydrogens is 275 g/mol. The minimum absolute atomic E-state index is 0.0163. The van der Waals surface area contributed by atoms with Gasteiger partial charge in [0.05, 0.1) is 11.9 Å². The Morgan fingerprint density at radius 2 is 2.26 bits per heavy atom. The average Bonchev–Trinajstić information content (AvgIpc) is 2.68. The number of aliphatic hydroxyl groups excluding tert-OH is 1. The number of sulfone groups is 1. The first-order chi connectivity index (χ1) is 8.85. The number of benzene rings is 1. The minimum atomic E-state index is -3.26. The number of rotatable bonds is 5. The molecule has 0 aliphatic rings. The fourth-order valence-electron chi connectivity index (χ4n) is 1.60. The molecule has 1 atom stereocenters. The summed E-state index contributed by atoms with van der Waals surface area (Å²) in [4.78, 5) is 3.96. The van der Waals surface area contributed by atoms with Crippen molar-refractivity contribution >= 4 is 27.0 Å². The molecule has 8 heteroatoms. The van der Waals surface area contributed by atoms with Crippen LogP contribution in [0.2, 0.25) is 0 Å². The SMILES string of the molecule is CS(=O)(=O)CC(O)CNc1nc2cccc(F)c2o1. The summed E-state index contributed by atoms with van der Waals surface area (Å²) in [6.45, 7) is -0.0541. The molecule has 1 heterocycles. The van der Waals surface area contributed by atoms with Gasteiger partial charge in [-0.05, 0) is 12.1 Å². The molecule has 1 unspecified atom stereocenters. The summed E-state index contributed by atoms with van der Waals surface area (Å²) < 4.78 is 40.4. The molecule has 1 aromatic heterocycles. The fraction of sp³-hybridized carbons (Fsp3) is 0.364. The average molecular weight is 288 g/mol. The van der Waals surface area contributed by atoms with Crippen molar-refractivity contribution in [2.45, 2.75) is 6.10 Å². The molecule has 0 amide bonds. The van der Waals surface area contributed by atoms with Crippen LogP contribution in [0.5, 0.6) is 0 Å². The van der Waals surface area contributed by atoms with Crippen LogP contribution >= 0.6 is 0 Å². The number of hydrogen-bond acceptors (Lipinski definition) is 6. The number of nitrogens with zero attached hydrogens (tertiary/aromatic N) is 1. The molecule has 0 saturated heterocycles. The van der Waals surface area contributed by atoms with Gasteiger partial charge in [-0.15, -0.1) is 0 Å². The van der Waals surface area contributed by atoms with E-state index in [-0.39, 0.29) is 23.9 Å².